The third kappa shape index (κ3) is 1.82. The van der Waals surface area contributed by atoms with Gasteiger partial charge in [-0.25, -0.2) is 8.78 Å². The molecule has 21 heavy (non-hydrogen) atoms. The highest BCUT2D eigenvalue weighted by atomic mass is 19.1. The van der Waals surface area contributed by atoms with Crippen LogP contribution in [0.2, 0.25) is 0 Å². The molecule has 1 heterocycles. The number of carbonyl (C=O) groups excluding carboxylic acids is 1. The Balaban J connectivity index is 1.85. The fraction of sp³-hybridized carbons (Fsp3) is 0.533. The van der Waals surface area contributed by atoms with Crippen molar-refractivity contribution in [1.82, 2.24) is 0 Å². The predicted octanol–water partition coefficient (Wildman–Crippen LogP) is 2.05. The zero-order valence-electron chi connectivity index (χ0n) is 12.0. The molecule has 3 atom stereocenters. The van der Waals surface area contributed by atoms with Crippen molar-refractivity contribution in [2.75, 3.05) is 11.9 Å². The topological polar surface area (TPSA) is 64.3 Å². The third-order valence-corrected chi connectivity index (χ3v) is 5.01. The van der Waals surface area contributed by atoms with Crippen LogP contribution >= 0.6 is 0 Å². The highest BCUT2D eigenvalue weighted by molar-refractivity contribution is 6.00. The molecule has 1 aliphatic carbocycles. The lowest BCUT2D eigenvalue weighted by Gasteiger charge is -2.60. The summed E-state index contributed by atoms with van der Waals surface area (Å²) in [7, 11) is 0. The lowest BCUT2D eigenvalue weighted by molar-refractivity contribution is -0.170. The molecule has 1 saturated carbocycles. The second-order valence-electron chi connectivity index (χ2n) is 6.36. The monoisotopic (exact) mass is 296 g/mol. The number of nitrogens with one attached hydrogen (secondary N) is 1. The van der Waals surface area contributed by atoms with Gasteiger partial charge in [0.1, 0.15) is 17.2 Å². The number of fused-ring (bicyclic) bond motifs is 1. The molecule has 1 amide bonds. The third-order valence-electron chi connectivity index (χ3n) is 5.01. The Bertz CT molecular complexity index is 605. The van der Waals surface area contributed by atoms with Crippen LogP contribution in [0.3, 0.4) is 0 Å². The van der Waals surface area contributed by atoms with Crippen molar-refractivity contribution in [2.24, 2.45) is 17.1 Å². The van der Waals surface area contributed by atoms with Gasteiger partial charge in [-0.3, -0.25) is 4.79 Å². The first-order chi connectivity index (χ1) is 9.78. The van der Waals surface area contributed by atoms with Crippen molar-refractivity contribution in [3.63, 3.8) is 0 Å². The number of rotatable bonds is 2. The van der Waals surface area contributed by atoms with Crippen LogP contribution in [0.15, 0.2) is 18.2 Å². The minimum Gasteiger partial charge on any atom is -0.377 e. The van der Waals surface area contributed by atoms with E-state index in [0.717, 1.165) is 12.1 Å². The van der Waals surface area contributed by atoms with Gasteiger partial charge in [0.25, 0.3) is 0 Å². The summed E-state index contributed by atoms with van der Waals surface area (Å²) in [4.78, 5) is 12.6. The van der Waals surface area contributed by atoms with Gasteiger partial charge in [0.05, 0.1) is 11.8 Å². The molecule has 0 aromatic heterocycles. The molecule has 4 nitrogen and oxygen atoms in total. The van der Waals surface area contributed by atoms with Crippen molar-refractivity contribution in [3.05, 3.63) is 29.8 Å². The normalized spacial score (nSPS) is 33.2. The Morgan fingerprint density at radius 3 is 2.81 bits per heavy atom. The average molecular weight is 296 g/mol. The molecule has 3 rings (SSSR count). The van der Waals surface area contributed by atoms with E-state index in [1.54, 1.807) is 0 Å². The number of hydrogen-bond donors (Lipinski definition) is 2. The number of anilines is 1. The van der Waals surface area contributed by atoms with Crippen molar-refractivity contribution >= 4 is 11.6 Å². The van der Waals surface area contributed by atoms with Crippen LogP contribution < -0.4 is 11.1 Å². The zero-order chi connectivity index (χ0) is 15.4. The van der Waals surface area contributed by atoms with Gasteiger partial charge in [-0.1, -0.05) is 13.8 Å². The van der Waals surface area contributed by atoms with Crippen molar-refractivity contribution < 1.29 is 18.3 Å². The molecule has 6 heteroatoms. The number of halogens is 2. The molecule has 1 aromatic carbocycles. The summed E-state index contributed by atoms with van der Waals surface area (Å²) in [5, 5.41) is 2.49. The maximum Gasteiger partial charge on any atom is 0.245 e. The van der Waals surface area contributed by atoms with Gasteiger partial charge in [-0.05, 0) is 18.6 Å². The summed E-state index contributed by atoms with van der Waals surface area (Å²) in [6.07, 6.45) is 0.663. The molecule has 114 valence electrons. The highest BCUT2D eigenvalue weighted by Gasteiger charge is 2.71. The van der Waals surface area contributed by atoms with Gasteiger partial charge in [0.2, 0.25) is 5.91 Å². The second-order valence-corrected chi connectivity index (χ2v) is 6.36. The molecular weight excluding hydrogens is 278 g/mol. The number of amides is 1. The van der Waals surface area contributed by atoms with Gasteiger partial charge in [-0.15, -0.1) is 0 Å². The summed E-state index contributed by atoms with van der Waals surface area (Å²) in [6.45, 7) is 4.33. The van der Waals surface area contributed by atoms with Gasteiger partial charge in [0.15, 0.2) is 0 Å². The van der Waals surface area contributed by atoms with E-state index in [4.69, 9.17) is 10.5 Å². The second kappa shape index (κ2) is 4.48. The summed E-state index contributed by atoms with van der Waals surface area (Å²) in [5.74, 6) is -2.04. The van der Waals surface area contributed by atoms with Crippen molar-refractivity contribution in [1.29, 1.82) is 0 Å². The number of nitrogens with two attached hydrogens (primary N) is 1. The van der Waals surface area contributed by atoms with E-state index in [1.165, 1.54) is 6.07 Å². The fourth-order valence-electron chi connectivity index (χ4n) is 3.66. The molecule has 3 N–H and O–H groups in total. The smallest absolute Gasteiger partial charge is 0.245 e. The van der Waals surface area contributed by atoms with E-state index in [2.05, 4.69) is 5.32 Å². The number of benzene rings is 1. The molecule has 2 aliphatic rings. The molecule has 2 fully saturated rings. The number of ether oxygens (including phenoxy) is 1. The van der Waals surface area contributed by atoms with Gasteiger partial charge in [-0.2, -0.15) is 0 Å². The quantitative estimate of drug-likeness (QED) is 0.878. The maximum atomic E-state index is 13.7. The molecule has 1 aromatic rings. The number of carbonyl (C=O) groups is 1. The maximum absolute atomic E-state index is 13.7. The fourth-order valence-corrected chi connectivity index (χ4v) is 3.66. The molecule has 0 bridgehead atoms. The predicted molar refractivity (Wildman–Crippen MR) is 73.5 cm³/mol. The summed E-state index contributed by atoms with van der Waals surface area (Å²) in [6, 6.07) is 3.02. The van der Waals surface area contributed by atoms with Gasteiger partial charge >= 0.3 is 0 Å². The Morgan fingerprint density at radius 1 is 1.43 bits per heavy atom. The molecular formula is C15H18F2N2O2. The van der Waals surface area contributed by atoms with E-state index >= 15 is 0 Å². The summed E-state index contributed by atoms with van der Waals surface area (Å²) < 4.78 is 32.2. The zero-order valence-corrected chi connectivity index (χ0v) is 12.0. The Labute approximate surface area is 121 Å². The van der Waals surface area contributed by atoms with Crippen molar-refractivity contribution in [3.8, 4) is 0 Å². The van der Waals surface area contributed by atoms with Crippen LogP contribution in [0.4, 0.5) is 14.5 Å². The molecule has 0 spiro atoms. The SMILES string of the molecule is CC1(C)C2OCCC2C1(N)C(=O)Nc1ccc(F)cc1F. The Morgan fingerprint density at radius 2 is 2.14 bits per heavy atom. The van der Waals surface area contributed by atoms with Gasteiger partial charge < -0.3 is 15.8 Å². The van der Waals surface area contributed by atoms with Crippen LogP contribution in [-0.4, -0.2) is 24.2 Å². The largest absolute Gasteiger partial charge is 0.377 e. The lowest BCUT2D eigenvalue weighted by Crippen LogP contribution is -2.79. The lowest BCUT2D eigenvalue weighted by atomic mass is 9.48. The van der Waals surface area contributed by atoms with E-state index in [1.807, 2.05) is 13.8 Å². The van der Waals surface area contributed by atoms with Crippen molar-refractivity contribution in [2.45, 2.75) is 31.9 Å². The molecule has 1 aliphatic heterocycles. The highest BCUT2D eigenvalue weighted by Crippen LogP contribution is 2.58. The molecule has 3 unspecified atom stereocenters. The van der Waals surface area contributed by atoms with Gasteiger partial charge in [0, 0.05) is 24.0 Å². The Kier molecular flexibility index (Phi) is 3.07. The van der Waals surface area contributed by atoms with Crippen LogP contribution in [0.1, 0.15) is 20.3 Å². The van der Waals surface area contributed by atoms with E-state index < -0.39 is 28.5 Å². The first-order valence-electron chi connectivity index (χ1n) is 6.95. The molecule has 0 radical (unpaired) electrons. The van der Waals surface area contributed by atoms with Crippen LogP contribution in [0, 0.1) is 23.0 Å². The summed E-state index contributed by atoms with van der Waals surface area (Å²) >= 11 is 0. The van der Waals surface area contributed by atoms with E-state index in [-0.39, 0.29) is 17.7 Å². The van der Waals surface area contributed by atoms with Crippen LogP contribution in [-0.2, 0) is 9.53 Å². The van der Waals surface area contributed by atoms with Crippen LogP contribution in [0.25, 0.3) is 0 Å². The van der Waals surface area contributed by atoms with E-state index in [0.29, 0.717) is 13.0 Å². The minimum absolute atomic E-state index is 0.0497. The molecule has 1 saturated heterocycles. The first-order valence-corrected chi connectivity index (χ1v) is 6.95. The minimum atomic E-state index is -1.12. The number of hydrogen-bond acceptors (Lipinski definition) is 3. The van der Waals surface area contributed by atoms with Crippen LogP contribution in [0.5, 0.6) is 0 Å². The average Bonchev–Trinajstić information content (AvgIpc) is 2.89. The standard InChI is InChI=1S/C15H18F2N2O2/c1-14(2)12-9(5-6-21-12)15(14,18)13(20)19-11-4-3-8(16)7-10(11)17/h3-4,7,9,12H,5-6,18H2,1-2H3,(H,19,20). The van der Waals surface area contributed by atoms with E-state index in [9.17, 15) is 13.6 Å². The Hall–Kier alpha value is -1.53. The summed E-state index contributed by atoms with van der Waals surface area (Å²) in [5.41, 5.74) is 4.63. The first kappa shape index (κ1) is 14.4.